The van der Waals surface area contributed by atoms with Gasteiger partial charge in [-0.3, -0.25) is 14.4 Å². The Kier molecular flexibility index (Phi) is 44.4. The fourth-order valence-electron chi connectivity index (χ4n) is 7.03. The Morgan fingerprint density at radius 3 is 1.05 bits per heavy atom. The van der Waals surface area contributed by atoms with Gasteiger partial charge in [0.05, 0.1) is 0 Å². The second-order valence-electron chi connectivity index (χ2n) is 16.4. The average Bonchev–Trinajstić information content (AvgIpc) is 3.21. The molecule has 57 heavy (non-hydrogen) atoms. The molecule has 1 atom stereocenters. The van der Waals surface area contributed by atoms with Crippen molar-refractivity contribution in [2.24, 2.45) is 0 Å². The molecule has 0 aliphatic carbocycles. The lowest BCUT2D eigenvalue weighted by atomic mass is 10.0. The molecule has 1 unspecified atom stereocenters. The minimum atomic E-state index is -0.776. The number of esters is 3. The number of allylic oxidation sites excluding steroid dienone is 6. The number of hydrogen-bond donors (Lipinski definition) is 0. The summed E-state index contributed by atoms with van der Waals surface area (Å²) in [6.07, 6.45) is 52.8. The van der Waals surface area contributed by atoms with Crippen LogP contribution in [0.4, 0.5) is 0 Å². The maximum atomic E-state index is 12.7. The smallest absolute Gasteiger partial charge is 0.306 e. The summed E-state index contributed by atoms with van der Waals surface area (Å²) in [5.41, 5.74) is 0. The van der Waals surface area contributed by atoms with Gasteiger partial charge in [-0.2, -0.15) is 0 Å². The van der Waals surface area contributed by atoms with Gasteiger partial charge in [0.25, 0.3) is 0 Å². The van der Waals surface area contributed by atoms with Gasteiger partial charge in [0, 0.05) is 19.3 Å². The van der Waals surface area contributed by atoms with Crippen molar-refractivity contribution >= 4 is 17.9 Å². The molecule has 332 valence electrons. The highest BCUT2D eigenvalue weighted by molar-refractivity contribution is 5.71. The monoisotopic (exact) mass is 801 g/mol. The Bertz CT molecular complexity index is 969. The van der Waals surface area contributed by atoms with Crippen LogP contribution in [-0.2, 0) is 28.6 Å². The molecule has 6 heteroatoms. The molecule has 0 radical (unpaired) electrons. The highest BCUT2D eigenvalue weighted by Crippen LogP contribution is 2.16. The first kappa shape index (κ1) is 54.6. The lowest BCUT2D eigenvalue weighted by Gasteiger charge is -2.18. The summed E-state index contributed by atoms with van der Waals surface area (Å²) in [5, 5.41) is 0. The van der Waals surface area contributed by atoms with Crippen LogP contribution in [0, 0.1) is 0 Å². The van der Waals surface area contributed by atoms with Gasteiger partial charge in [0.15, 0.2) is 6.10 Å². The van der Waals surface area contributed by atoms with Gasteiger partial charge in [0.1, 0.15) is 13.2 Å². The third-order valence-electron chi connectivity index (χ3n) is 10.7. The fourth-order valence-corrected chi connectivity index (χ4v) is 7.03. The maximum absolute atomic E-state index is 12.7. The average molecular weight is 801 g/mol. The summed E-state index contributed by atoms with van der Waals surface area (Å²) in [4.78, 5) is 37.8. The number of rotatable bonds is 44. The van der Waals surface area contributed by atoms with Gasteiger partial charge < -0.3 is 14.2 Å². The lowest BCUT2D eigenvalue weighted by Crippen LogP contribution is -2.30. The largest absolute Gasteiger partial charge is 0.462 e. The predicted octanol–water partition coefficient (Wildman–Crippen LogP) is 15.8. The summed E-state index contributed by atoms with van der Waals surface area (Å²) in [5.74, 6) is -0.892. The number of hydrogen-bond acceptors (Lipinski definition) is 6. The fraction of sp³-hybridized carbons (Fsp3) is 0.824. The standard InChI is InChI=1S/C51H92O6/c1-4-7-10-13-16-19-21-23-24-25-26-28-29-32-35-38-41-44-50(53)56-47-48(46-55-49(52)43-40-37-34-31-18-15-12-9-6-3)57-51(54)45-42-39-36-33-30-27-22-20-17-14-11-8-5-2/h8,11,14,17,20,22,48H,4-7,9-10,12-13,15-16,18-19,21,23-47H2,1-3H3/b11-8-,17-14-,22-20-. The van der Waals surface area contributed by atoms with E-state index in [-0.39, 0.29) is 31.1 Å². The third kappa shape index (κ3) is 44.6. The van der Waals surface area contributed by atoms with Gasteiger partial charge in [-0.25, -0.2) is 0 Å². The molecule has 6 nitrogen and oxygen atoms in total. The molecular weight excluding hydrogens is 709 g/mol. The van der Waals surface area contributed by atoms with E-state index in [1.54, 1.807) is 0 Å². The molecule has 0 aromatic rings. The normalized spacial score (nSPS) is 12.3. The van der Waals surface area contributed by atoms with Crippen LogP contribution >= 0.6 is 0 Å². The Hall–Kier alpha value is -2.37. The first-order chi connectivity index (χ1) is 28.0. The molecular formula is C51H92O6. The van der Waals surface area contributed by atoms with E-state index in [0.717, 1.165) is 83.5 Å². The molecule has 0 fully saturated rings. The molecule has 0 saturated carbocycles. The molecule has 0 rings (SSSR count). The number of ether oxygens (including phenoxy) is 3. The minimum Gasteiger partial charge on any atom is -0.462 e. The summed E-state index contributed by atoms with van der Waals surface area (Å²) >= 11 is 0. The zero-order valence-electron chi connectivity index (χ0n) is 37.9. The molecule has 0 bridgehead atoms. The van der Waals surface area contributed by atoms with Crippen LogP contribution in [0.25, 0.3) is 0 Å². The van der Waals surface area contributed by atoms with E-state index in [4.69, 9.17) is 14.2 Å². The predicted molar refractivity (Wildman–Crippen MR) is 242 cm³/mol. The first-order valence-electron chi connectivity index (χ1n) is 24.5. The van der Waals surface area contributed by atoms with Crippen molar-refractivity contribution in [3.05, 3.63) is 36.5 Å². The van der Waals surface area contributed by atoms with Crippen LogP contribution in [0.1, 0.15) is 252 Å². The second-order valence-corrected chi connectivity index (χ2v) is 16.4. The molecule has 0 aliphatic rings. The van der Waals surface area contributed by atoms with Crippen LogP contribution in [0.2, 0.25) is 0 Å². The van der Waals surface area contributed by atoms with Gasteiger partial charge >= 0.3 is 17.9 Å². The highest BCUT2D eigenvalue weighted by Gasteiger charge is 2.19. The topological polar surface area (TPSA) is 78.9 Å². The third-order valence-corrected chi connectivity index (χ3v) is 10.7. The summed E-state index contributed by atoms with van der Waals surface area (Å²) in [6.45, 7) is 6.48. The van der Waals surface area contributed by atoms with E-state index in [0.29, 0.717) is 19.3 Å². The van der Waals surface area contributed by atoms with Crippen molar-refractivity contribution in [1.82, 2.24) is 0 Å². The lowest BCUT2D eigenvalue weighted by molar-refractivity contribution is -0.167. The summed E-state index contributed by atoms with van der Waals surface area (Å²) in [7, 11) is 0. The number of unbranched alkanes of at least 4 members (excludes halogenated alkanes) is 29. The minimum absolute atomic E-state index is 0.0769. The van der Waals surface area contributed by atoms with E-state index in [2.05, 4.69) is 57.2 Å². The van der Waals surface area contributed by atoms with Crippen LogP contribution in [0.3, 0.4) is 0 Å². The first-order valence-corrected chi connectivity index (χ1v) is 24.5. The highest BCUT2D eigenvalue weighted by atomic mass is 16.6. The van der Waals surface area contributed by atoms with Crippen LogP contribution in [0.15, 0.2) is 36.5 Å². The molecule has 0 saturated heterocycles. The van der Waals surface area contributed by atoms with E-state index in [1.807, 2.05) is 0 Å². The number of carbonyl (C=O) groups excluding carboxylic acids is 3. The summed E-state index contributed by atoms with van der Waals surface area (Å²) < 4.78 is 16.7. The SMILES string of the molecule is CC\C=C/C=C\C=C/CCCCCCCC(=O)OC(COC(=O)CCCCCCCCCCC)COC(=O)CCCCCCCCCCCCCCCCCCC. The van der Waals surface area contributed by atoms with E-state index in [1.165, 1.54) is 128 Å². The van der Waals surface area contributed by atoms with Crippen LogP contribution < -0.4 is 0 Å². The Balaban J connectivity index is 4.30. The van der Waals surface area contributed by atoms with Gasteiger partial charge in [0.2, 0.25) is 0 Å². The molecule has 0 N–H and O–H groups in total. The van der Waals surface area contributed by atoms with Gasteiger partial charge in [-0.05, 0) is 38.5 Å². The van der Waals surface area contributed by atoms with E-state index in [9.17, 15) is 14.4 Å². The van der Waals surface area contributed by atoms with E-state index >= 15 is 0 Å². The molecule has 0 aromatic heterocycles. The van der Waals surface area contributed by atoms with E-state index < -0.39 is 6.10 Å². The van der Waals surface area contributed by atoms with Crippen molar-refractivity contribution < 1.29 is 28.6 Å². The quantitative estimate of drug-likeness (QED) is 0.0264. The zero-order valence-corrected chi connectivity index (χ0v) is 37.9. The molecule has 0 aliphatic heterocycles. The van der Waals surface area contributed by atoms with Crippen molar-refractivity contribution in [3.8, 4) is 0 Å². The Morgan fingerprint density at radius 1 is 0.368 bits per heavy atom. The van der Waals surface area contributed by atoms with Gasteiger partial charge in [-0.1, -0.05) is 231 Å². The van der Waals surface area contributed by atoms with Crippen molar-refractivity contribution in [2.45, 2.75) is 258 Å². The zero-order chi connectivity index (χ0) is 41.5. The van der Waals surface area contributed by atoms with Crippen molar-refractivity contribution in [3.63, 3.8) is 0 Å². The number of carbonyl (C=O) groups is 3. The van der Waals surface area contributed by atoms with Gasteiger partial charge in [-0.15, -0.1) is 0 Å². The van der Waals surface area contributed by atoms with Crippen molar-refractivity contribution in [2.75, 3.05) is 13.2 Å². The molecule has 0 heterocycles. The molecule has 0 aromatic carbocycles. The Labute approximate surface area is 353 Å². The Morgan fingerprint density at radius 2 is 0.684 bits per heavy atom. The molecule has 0 amide bonds. The van der Waals surface area contributed by atoms with Crippen molar-refractivity contribution in [1.29, 1.82) is 0 Å². The molecule has 0 spiro atoms. The second kappa shape index (κ2) is 46.3. The van der Waals surface area contributed by atoms with Crippen LogP contribution in [-0.4, -0.2) is 37.2 Å². The maximum Gasteiger partial charge on any atom is 0.306 e. The summed E-state index contributed by atoms with van der Waals surface area (Å²) in [6, 6.07) is 0. The van der Waals surface area contributed by atoms with Crippen LogP contribution in [0.5, 0.6) is 0 Å².